The Labute approximate surface area is 258 Å². The van der Waals surface area contributed by atoms with Crippen LogP contribution in [0.1, 0.15) is 106 Å². The molecule has 5 N–H and O–H groups in total. The summed E-state index contributed by atoms with van der Waals surface area (Å²) in [5.41, 5.74) is 0.647. The third kappa shape index (κ3) is 4.10. The van der Waals surface area contributed by atoms with Crippen LogP contribution in [-0.4, -0.2) is 74.5 Å². The van der Waals surface area contributed by atoms with Gasteiger partial charge in [0.2, 0.25) is 0 Å². The minimum atomic E-state index is -1.55. The molecule has 0 aromatic rings. The summed E-state index contributed by atoms with van der Waals surface area (Å²) >= 11 is 0. The fourth-order valence-corrected chi connectivity index (χ4v) is 13.2. The summed E-state index contributed by atoms with van der Waals surface area (Å²) in [4.78, 5) is 14.7. The first-order valence-corrected chi connectivity index (χ1v) is 17.2. The van der Waals surface area contributed by atoms with Crippen molar-refractivity contribution >= 4 is 5.78 Å². The van der Waals surface area contributed by atoms with Gasteiger partial charge in [0.1, 0.15) is 30.5 Å². The first-order chi connectivity index (χ1) is 20.0. The number of carbonyl (C=O) groups is 1. The van der Waals surface area contributed by atoms with Crippen LogP contribution in [0.25, 0.3) is 0 Å². The number of aliphatic hydroxyl groups excluding tert-OH is 5. The van der Waals surface area contributed by atoms with Crippen molar-refractivity contribution < 1.29 is 35.1 Å². The highest BCUT2D eigenvalue weighted by molar-refractivity contribution is 5.90. The number of allylic oxidation sites excluding steroid dienone is 1. The van der Waals surface area contributed by atoms with Crippen molar-refractivity contribution in [1.29, 1.82) is 0 Å². The molecule has 0 spiro atoms. The van der Waals surface area contributed by atoms with Gasteiger partial charge in [0.05, 0.1) is 12.7 Å². The van der Waals surface area contributed by atoms with Crippen LogP contribution in [0.5, 0.6) is 0 Å². The lowest BCUT2D eigenvalue weighted by Crippen LogP contribution is -2.68. The van der Waals surface area contributed by atoms with Gasteiger partial charge in [-0.05, 0) is 122 Å². The summed E-state index contributed by atoms with van der Waals surface area (Å²) in [5, 5.41) is 52.9. The molecule has 7 heteroatoms. The summed E-state index contributed by atoms with van der Waals surface area (Å²) in [6.07, 6.45) is 2.44. The normalized spacial score (nSPS) is 55.8. The molecule has 6 fully saturated rings. The first-order valence-electron chi connectivity index (χ1n) is 17.2. The maximum absolute atomic E-state index is 14.7. The van der Waals surface area contributed by atoms with Gasteiger partial charge in [0, 0.05) is 5.41 Å². The minimum absolute atomic E-state index is 0.0337. The Morgan fingerprint density at radius 2 is 1.49 bits per heavy atom. The third-order valence-corrected chi connectivity index (χ3v) is 15.7. The van der Waals surface area contributed by atoms with Crippen molar-refractivity contribution in [2.75, 3.05) is 6.61 Å². The summed E-state index contributed by atoms with van der Waals surface area (Å²) in [7, 11) is 0. The number of Topliss-reactive ketones (excluding diaryl/α,β-unsaturated/α-hetero) is 1. The molecule has 0 aromatic carbocycles. The van der Waals surface area contributed by atoms with Crippen LogP contribution in [0.4, 0.5) is 0 Å². The molecule has 1 aliphatic heterocycles. The van der Waals surface area contributed by atoms with Gasteiger partial charge >= 0.3 is 0 Å². The van der Waals surface area contributed by atoms with E-state index in [1.165, 1.54) is 0 Å². The van der Waals surface area contributed by atoms with Crippen molar-refractivity contribution in [2.45, 2.75) is 142 Å². The standard InChI is InChI=1S/C36H58O7/c1-19(2)20-10-15-36(31(42)30-29(41)28(40)27(39)22(18-37)43-30)17-16-34(6)21(26(20)36)8-9-24-33(5)13-12-25(38)32(3,4)23(33)11-14-35(24,34)7/h20-30,37-41H,1,8-18H2,2-7H3/t20-,21?,22?,23?,24?,25-,26?,27+,28?,29?,30+,33-,34+,35+,36-/m0/s1. The second-order valence-electron chi connectivity index (χ2n) is 17.3. The van der Waals surface area contributed by atoms with Gasteiger partial charge in [0.25, 0.3) is 0 Å². The number of fused-ring (bicyclic) bond motifs is 7. The Bertz CT molecular complexity index is 1130. The lowest BCUT2D eigenvalue weighted by molar-refractivity contribution is -0.252. The Hall–Kier alpha value is -0.830. The van der Waals surface area contributed by atoms with E-state index >= 15 is 0 Å². The average Bonchev–Trinajstić information content (AvgIpc) is 3.35. The lowest BCUT2D eigenvalue weighted by Gasteiger charge is -2.73. The molecule has 0 amide bonds. The van der Waals surface area contributed by atoms with Gasteiger partial charge < -0.3 is 30.3 Å². The lowest BCUT2D eigenvalue weighted by atomic mass is 9.32. The molecule has 5 saturated carbocycles. The number of rotatable bonds is 4. The highest BCUT2D eigenvalue weighted by Crippen LogP contribution is 2.77. The second-order valence-corrected chi connectivity index (χ2v) is 17.3. The molecule has 6 rings (SSSR count). The van der Waals surface area contributed by atoms with E-state index in [1.54, 1.807) is 0 Å². The number of carbonyl (C=O) groups excluding carboxylic acids is 1. The topological polar surface area (TPSA) is 127 Å². The van der Waals surface area contributed by atoms with Crippen molar-refractivity contribution in [1.82, 2.24) is 0 Å². The summed E-state index contributed by atoms with van der Waals surface area (Å²) in [5.74, 6) is 1.50. The molecule has 15 atom stereocenters. The number of ketones is 1. The fraction of sp³-hybridized carbons (Fsp3) is 0.917. The maximum atomic E-state index is 14.7. The monoisotopic (exact) mass is 602 g/mol. The van der Waals surface area contributed by atoms with E-state index in [2.05, 4.69) is 48.1 Å². The molecule has 6 aliphatic rings. The Kier molecular flexibility index (Phi) is 7.72. The van der Waals surface area contributed by atoms with Gasteiger partial charge in [-0.25, -0.2) is 0 Å². The predicted octanol–water partition coefficient (Wildman–Crippen LogP) is 4.42. The summed E-state index contributed by atoms with van der Waals surface area (Å²) < 4.78 is 5.91. The number of aliphatic hydroxyl groups is 5. The third-order valence-electron chi connectivity index (χ3n) is 15.7. The number of ether oxygens (including phenoxy) is 1. The van der Waals surface area contributed by atoms with Crippen molar-refractivity contribution in [3.63, 3.8) is 0 Å². The highest BCUT2D eigenvalue weighted by atomic mass is 16.5. The van der Waals surface area contributed by atoms with Crippen LogP contribution in [0.3, 0.4) is 0 Å². The Morgan fingerprint density at radius 3 is 2.14 bits per heavy atom. The molecule has 0 aromatic heterocycles. The Morgan fingerprint density at radius 1 is 0.791 bits per heavy atom. The predicted molar refractivity (Wildman–Crippen MR) is 164 cm³/mol. The number of hydrogen-bond acceptors (Lipinski definition) is 7. The smallest absolute Gasteiger partial charge is 0.170 e. The molecule has 1 saturated heterocycles. The van der Waals surface area contributed by atoms with Gasteiger partial charge in [-0.1, -0.05) is 46.8 Å². The minimum Gasteiger partial charge on any atom is -0.394 e. The van der Waals surface area contributed by atoms with Gasteiger partial charge in [0.15, 0.2) is 5.78 Å². The van der Waals surface area contributed by atoms with Crippen LogP contribution in [0, 0.1) is 56.7 Å². The van der Waals surface area contributed by atoms with Crippen LogP contribution in [-0.2, 0) is 9.53 Å². The first kappa shape index (κ1) is 32.1. The van der Waals surface area contributed by atoms with Crippen molar-refractivity contribution in [3.05, 3.63) is 12.2 Å². The molecule has 43 heavy (non-hydrogen) atoms. The molecular formula is C36H58O7. The zero-order valence-corrected chi connectivity index (χ0v) is 27.4. The molecular weight excluding hydrogens is 544 g/mol. The largest absolute Gasteiger partial charge is 0.394 e. The maximum Gasteiger partial charge on any atom is 0.170 e. The molecule has 7 nitrogen and oxygen atoms in total. The van der Waals surface area contributed by atoms with E-state index in [-0.39, 0.29) is 45.4 Å². The van der Waals surface area contributed by atoms with E-state index in [0.29, 0.717) is 24.2 Å². The molecule has 5 aliphatic carbocycles. The zero-order valence-electron chi connectivity index (χ0n) is 27.4. The summed E-state index contributed by atoms with van der Waals surface area (Å²) in [6, 6.07) is 0. The molecule has 244 valence electrons. The molecule has 0 radical (unpaired) electrons. The zero-order chi connectivity index (χ0) is 31.5. The van der Waals surface area contributed by atoms with Crippen LogP contribution >= 0.6 is 0 Å². The van der Waals surface area contributed by atoms with E-state index in [1.807, 2.05) is 0 Å². The van der Waals surface area contributed by atoms with Crippen molar-refractivity contribution in [2.24, 2.45) is 56.7 Å². The van der Waals surface area contributed by atoms with Gasteiger partial charge in [-0.2, -0.15) is 0 Å². The SMILES string of the molecule is C=C(C)[C@@H]1CC[C@]2(C(=O)[C@@H]3OC(CO)[C@@H](O)C(O)C3O)CC[C@]3(C)C(CCC4[C@@]5(C)CC[C@H](O)C(C)(C)C5CC[C@]43C)C12. The average molecular weight is 603 g/mol. The van der Waals surface area contributed by atoms with E-state index in [0.717, 1.165) is 63.4 Å². The molecule has 0 bridgehead atoms. The molecule has 1 heterocycles. The fourth-order valence-electron chi connectivity index (χ4n) is 13.2. The van der Waals surface area contributed by atoms with E-state index in [9.17, 15) is 30.3 Å². The van der Waals surface area contributed by atoms with Crippen LogP contribution < -0.4 is 0 Å². The molecule has 7 unspecified atom stereocenters. The van der Waals surface area contributed by atoms with Gasteiger partial charge in [-0.3, -0.25) is 4.79 Å². The van der Waals surface area contributed by atoms with Crippen LogP contribution in [0.2, 0.25) is 0 Å². The van der Waals surface area contributed by atoms with E-state index in [4.69, 9.17) is 4.74 Å². The van der Waals surface area contributed by atoms with Crippen LogP contribution in [0.15, 0.2) is 12.2 Å². The quantitative estimate of drug-likeness (QED) is 0.302. The van der Waals surface area contributed by atoms with Gasteiger partial charge in [-0.15, -0.1) is 0 Å². The highest BCUT2D eigenvalue weighted by Gasteiger charge is 2.72. The van der Waals surface area contributed by atoms with E-state index < -0.39 is 42.5 Å². The Balaban J connectivity index is 1.38. The number of hydrogen-bond donors (Lipinski definition) is 5. The summed E-state index contributed by atoms with van der Waals surface area (Å²) in [6.45, 7) is 18.2. The van der Waals surface area contributed by atoms with Crippen molar-refractivity contribution in [3.8, 4) is 0 Å². The second kappa shape index (κ2) is 10.3.